The van der Waals surface area contributed by atoms with Gasteiger partial charge in [-0.05, 0) is 31.9 Å². The van der Waals surface area contributed by atoms with Crippen molar-refractivity contribution < 1.29 is 23.9 Å². The van der Waals surface area contributed by atoms with Crippen LogP contribution < -0.4 is 10.1 Å². The third kappa shape index (κ3) is 6.95. The van der Waals surface area contributed by atoms with Gasteiger partial charge < -0.3 is 9.47 Å². The molecule has 1 fully saturated rings. The molecule has 1 saturated carbocycles. The second-order valence-corrected chi connectivity index (χ2v) is 8.36. The number of ether oxygens (including phenoxy) is 2. The number of aromatic nitrogens is 1. The molecular formula is C22H26N2O5S. The molecule has 0 atom stereocenters. The molecule has 0 spiro atoms. The van der Waals surface area contributed by atoms with E-state index < -0.39 is 18.5 Å². The lowest BCUT2D eigenvalue weighted by atomic mass is 9.89. The Labute approximate surface area is 179 Å². The number of carbonyl (C=O) groups excluding carboxylic acids is 3. The van der Waals surface area contributed by atoms with E-state index in [0.717, 1.165) is 48.4 Å². The summed E-state index contributed by atoms with van der Waals surface area (Å²) >= 11 is 1.39. The van der Waals surface area contributed by atoms with Crippen LogP contribution >= 0.6 is 11.3 Å². The molecule has 30 heavy (non-hydrogen) atoms. The Morgan fingerprint density at radius 1 is 1.13 bits per heavy atom. The minimum Gasteiger partial charge on any atom is -0.486 e. The highest BCUT2D eigenvalue weighted by molar-refractivity contribution is 7.09. The van der Waals surface area contributed by atoms with Crippen LogP contribution in [0.5, 0.6) is 5.75 Å². The van der Waals surface area contributed by atoms with Gasteiger partial charge in [-0.3, -0.25) is 19.7 Å². The lowest BCUT2D eigenvalue weighted by Crippen LogP contribution is -2.39. The van der Waals surface area contributed by atoms with Crippen LogP contribution in [-0.4, -0.2) is 29.4 Å². The number of hydrogen-bond donors (Lipinski definition) is 1. The summed E-state index contributed by atoms with van der Waals surface area (Å²) in [6.07, 6.45) is 4.72. The first-order chi connectivity index (χ1) is 14.5. The number of carbonyl (C=O) groups is 3. The molecule has 0 saturated heterocycles. The van der Waals surface area contributed by atoms with Crippen LogP contribution in [0, 0.1) is 12.8 Å². The molecule has 1 heterocycles. The average molecular weight is 431 g/mol. The van der Waals surface area contributed by atoms with E-state index in [0.29, 0.717) is 12.3 Å². The molecule has 0 bridgehead atoms. The van der Waals surface area contributed by atoms with Crippen LogP contribution in [0.1, 0.15) is 48.4 Å². The smallest absolute Gasteiger partial charge is 0.312 e. The number of rotatable bonds is 8. The molecule has 1 aliphatic carbocycles. The third-order valence-corrected chi connectivity index (χ3v) is 5.78. The van der Waals surface area contributed by atoms with Crippen molar-refractivity contribution in [1.29, 1.82) is 0 Å². The second kappa shape index (κ2) is 10.9. The van der Waals surface area contributed by atoms with E-state index >= 15 is 0 Å². The standard InChI is InChI=1S/C22H26N2O5S/c1-15-7-9-18(10-8-15)28-13-20-23-17(14-30-20)11-21(26)29-12-19(25)24-22(27)16-5-3-2-4-6-16/h7-10,14,16H,2-6,11-13H2,1H3,(H,24,25,27). The maximum atomic E-state index is 12.0. The molecule has 1 aromatic heterocycles. The van der Waals surface area contributed by atoms with Crippen molar-refractivity contribution in [2.45, 2.75) is 52.1 Å². The van der Waals surface area contributed by atoms with Crippen LogP contribution in [0.25, 0.3) is 0 Å². The molecule has 2 amide bonds. The summed E-state index contributed by atoms with van der Waals surface area (Å²) in [5.74, 6) is -0.788. The lowest BCUT2D eigenvalue weighted by Gasteiger charge is -2.20. The number of thiazole rings is 1. The third-order valence-electron chi connectivity index (χ3n) is 4.91. The molecule has 2 aromatic rings. The Morgan fingerprint density at radius 2 is 1.87 bits per heavy atom. The Bertz CT molecular complexity index is 872. The summed E-state index contributed by atoms with van der Waals surface area (Å²) in [5.41, 5.74) is 1.72. The molecule has 1 aliphatic rings. The first-order valence-electron chi connectivity index (χ1n) is 10.1. The van der Waals surface area contributed by atoms with E-state index in [-0.39, 0.29) is 18.2 Å². The van der Waals surface area contributed by atoms with Gasteiger partial charge in [0, 0.05) is 11.3 Å². The first kappa shape index (κ1) is 22.0. The van der Waals surface area contributed by atoms with Gasteiger partial charge in [-0.25, -0.2) is 4.98 Å². The minimum absolute atomic E-state index is 0.0368. The highest BCUT2D eigenvalue weighted by Gasteiger charge is 2.23. The van der Waals surface area contributed by atoms with Crippen LogP contribution in [-0.2, 0) is 32.1 Å². The summed E-state index contributed by atoms with van der Waals surface area (Å²) in [6, 6.07) is 7.73. The lowest BCUT2D eigenvalue weighted by molar-refractivity contribution is -0.149. The molecule has 1 N–H and O–H groups in total. The average Bonchev–Trinajstić information content (AvgIpc) is 3.19. The van der Waals surface area contributed by atoms with Gasteiger partial charge in [-0.15, -0.1) is 11.3 Å². The number of aryl methyl sites for hydroxylation is 1. The SMILES string of the molecule is Cc1ccc(OCc2nc(CC(=O)OCC(=O)NC(=O)C3CCCCC3)cs2)cc1. The fraction of sp³-hybridized carbons (Fsp3) is 0.455. The van der Waals surface area contributed by atoms with E-state index in [4.69, 9.17) is 9.47 Å². The zero-order valence-electron chi connectivity index (χ0n) is 17.0. The summed E-state index contributed by atoms with van der Waals surface area (Å²) in [4.78, 5) is 40.2. The van der Waals surface area contributed by atoms with E-state index in [1.54, 1.807) is 5.38 Å². The number of nitrogens with one attached hydrogen (secondary N) is 1. The minimum atomic E-state index is -0.593. The number of imide groups is 1. The first-order valence-corrected chi connectivity index (χ1v) is 11.0. The van der Waals surface area contributed by atoms with Crippen molar-refractivity contribution in [3.63, 3.8) is 0 Å². The highest BCUT2D eigenvalue weighted by Crippen LogP contribution is 2.23. The van der Waals surface area contributed by atoms with Crippen LogP contribution in [0.2, 0.25) is 0 Å². The summed E-state index contributed by atoms with van der Waals surface area (Å²) < 4.78 is 10.7. The van der Waals surface area contributed by atoms with E-state index in [1.807, 2.05) is 31.2 Å². The molecular weight excluding hydrogens is 404 g/mol. The van der Waals surface area contributed by atoms with Gasteiger partial charge in [0.05, 0.1) is 12.1 Å². The van der Waals surface area contributed by atoms with Crippen LogP contribution in [0.15, 0.2) is 29.6 Å². The van der Waals surface area contributed by atoms with Gasteiger partial charge >= 0.3 is 5.97 Å². The second-order valence-electron chi connectivity index (χ2n) is 7.42. The number of hydrogen-bond acceptors (Lipinski definition) is 7. The molecule has 7 nitrogen and oxygen atoms in total. The molecule has 1 aromatic carbocycles. The Balaban J connectivity index is 1.36. The summed E-state index contributed by atoms with van der Waals surface area (Å²) in [5, 5.41) is 4.83. The van der Waals surface area contributed by atoms with Crippen molar-refractivity contribution in [2.24, 2.45) is 5.92 Å². The van der Waals surface area contributed by atoms with Gasteiger partial charge in [0.2, 0.25) is 5.91 Å². The van der Waals surface area contributed by atoms with Crippen molar-refractivity contribution in [3.05, 3.63) is 45.9 Å². The maximum absolute atomic E-state index is 12.0. The van der Waals surface area contributed by atoms with Gasteiger partial charge in [-0.2, -0.15) is 0 Å². The number of benzene rings is 1. The predicted molar refractivity (Wildman–Crippen MR) is 112 cm³/mol. The topological polar surface area (TPSA) is 94.6 Å². The van der Waals surface area contributed by atoms with Crippen molar-refractivity contribution in [2.75, 3.05) is 6.61 Å². The quantitative estimate of drug-likeness (QED) is 0.646. The fourth-order valence-electron chi connectivity index (χ4n) is 3.26. The zero-order valence-corrected chi connectivity index (χ0v) is 17.8. The van der Waals surface area contributed by atoms with E-state index in [9.17, 15) is 14.4 Å². The molecule has 8 heteroatoms. The normalized spacial score (nSPS) is 14.2. The summed E-state index contributed by atoms with van der Waals surface area (Å²) in [6.45, 7) is 1.85. The fourth-order valence-corrected chi connectivity index (χ4v) is 3.97. The zero-order chi connectivity index (χ0) is 21.3. The van der Waals surface area contributed by atoms with Crippen LogP contribution in [0.3, 0.4) is 0 Å². The molecule has 3 rings (SSSR count). The molecule has 160 valence electrons. The van der Waals surface area contributed by atoms with Gasteiger partial charge in [0.15, 0.2) is 6.61 Å². The largest absolute Gasteiger partial charge is 0.486 e. The predicted octanol–water partition coefficient (Wildman–Crippen LogP) is 3.34. The Kier molecular flexibility index (Phi) is 7.96. The molecule has 0 aliphatic heterocycles. The van der Waals surface area contributed by atoms with Crippen molar-refractivity contribution >= 4 is 29.1 Å². The maximum Gasteiger partial charge on any atom is 0.312 e. The monoisotopic (exact) mass is 430 g/mol. The van der Waals surface area contributed by atoms with E-state index in [2.05, 4.69) is 10.3 Å². The van der Waals surface area contributed by atoms with Gasteiger partial charge in [-0.1, -0.05) is 37.0 Å². The highest BCUT2D eigenvalue weighted by atomic mass is 32.1. The Morgan fingerprint density at radius 3 is 2.60 bits per heavy atom. The number of nitrogens with zero attached hydrogens (tertiary/aromatic N) is 1. The number of esters is 1. The Hall–Kier alpha value is -2.74. The summed E-state index contributed by atoms with van der Waals surface area (Å²) in [7, 11) is 0. The molecule has 0 radical (unpaired) electrons. The van der Waals surface area contributed by atoms with Gasteiger partial charge in [0.1, 0.15) is 17.4 Å². The van der Waals surface area contributed by atoms with Gasteiger partial charge in [0.25, 0.3) is 5.91 Å². The van der Waals surface area contributed by atoms with Crippen molar-refractivity contribution in [3.8, 4) is 5.75 Å². The number of amides is 2. The van der Waals surface area contributed by atoms with Crippen molar-refractivity contribution in [1.82, 2.24) is 10.3 Å². The van der Waals surface area contributed by atoms with E-state index in [1.165, 1.54) is 11.3 Å². The molecule has 0 unspecified atom stereocenters. The van der Waals surface area contributed by atoms with Crippen LogP contribution in [0.4, 0.5) is 0 Å².